The summed E-state index contributed by atoms with van der Waals surface area (Å²) < 4.78 is 24.0. The monoisotopic (exact) mass is 363 g/mol. The molecule has 2 heterocycles. The predicted molar refractivity (Wildman–Crippen MR) is 91.6 cm³/mol. The Balaban J connectivity index is 1.47. The number of nitrogen functional groups attached to an aromatic ring is 1. The molecular formula is C15H18N5O4P. The summed E-state index contributed by atoms with van der Waals surface area (Å²) in [4.78, 5) is 21.9. The van der Waals surface area contributed by atoms with Gasteiger partial charge in [-0.15, -0.1) is 0 Å². The van der Waals surface area contributed by atoms with Crippen molar-refractivity contribution in [2.24, 2.45) is 0 Å². The van der Waals surface area contributed by atoms with Gasteiger partial charge in [-0.3, -0.25) is 4.57 Å². The van der Waals surface area contributed by atoms with Gasteiger partial charge in [0, 0.05) is 6.54 Å². The van der Waals surface area contributed by atoms with E-state index in [2.05, 4.69) is 15.0 Å². The fourth-order valence-corrected chi connectivity index (χ4v) is 2.98. The topological polar surface area (TPSA) is 125 Å². The Morgan fingerprint density at radius 1 is 1.20 bits per heavy atom. The van der Waals surface area contributed by atoms with Crippen molar-refractivity contribution in [2.75, 3.05) is 18.7 Å². The third-order valence-corrected chi connectivity index (χ3v) is 4.48. The number of anilines is 1. The second-order valence-electron chi connectivity index (χ2n) is 5.30. The van der Waals surface area contributed by atoms with Gasteiger partial charge in [0.2, 0.25) is 0 Å². The first-order chi connectivity index (χ1) is 12.1. The van der Waals surface area contributed by atoms with Crippen molar-refractivity contribution in [2.45, 2.75) is 13.2 Å². The van der Waals surface area contributed by atoms with Crippen LogP contribution in [0.2, 0.25) is 0 Å². The first-order valence-corrected chi connectivity index (χ1v) is 9.31. The van der Waals surface area contributed by atoms with Crippen LogP contribution in [0.15, 0.2) is 43.0 Å². The number of rotatable bonds is 8. The van der Waals surface area contributed by atoms with Crippen LogP contribution in [0, 0.1) is 0 Å². The standard InChI is InChI=1S/C15H18N5O4P/c16-14-13-15(18-9-17-14)20(10-19-13)6-7-23-11-25(21,22)24-8-12-4-2-1-3-5-12/h1-5,9-10H,6-8,11H2,(H,21,22)(H2,16,17,18). The van der Waals surface area contributed by atoms with E-state index in [1.54, 1.807) is 10.9 Å². The summed E-state index contributed by atoms with van der Waals surface area (Å²) in [5, 5.41) is 0. The lowest BCUT2D eigenvalue weighted by Gasteiger charge is -2.13. The summed E-state index contributed by atoms with van der Waals surface area (Å²) in [6.45, 7) is 0.667. The second-order valence-corrected chi connectivity index (χ2v) is 7.09. The highest BCUT2D eigenvalue weighted by Crippen LogP contribution is 2.42. The lowest BCUT2D eigenvalue weighted by Crippen LogP contribution is -2.08. The summed E-state index contributed by atoms with van der Waals surface area (Å²) in [5.41, 5.74) is 7.64. The van der Waals surface area contributed by atoms with E-state index in [1.165, 1.54) is 6.33 Å². The third-order valence-electron chi connectivity index (χ3n) is 3.44. The van der Waals surface area contributed by atoms with Crippen LogP contribution in [0.5, 0.6) is 0 Å². The molecule has 9 nitrogen and oxygen atoms in total. The normalized spacial score (nSPS) is 13.8. The molecule has 132 valence electrons. The van der Waals surface area contributed by atoms with Crippen molar-refractivity contribution in [1.82, 2.24) is 19.5 Å². The summed E-state index contributed by atoms with van der Waals surface area (Å²) >= 11 is 0. The molecule has 0 aliphatic heterocycles. The van der Waals surface area contributed by atoms with E-state index in [-0.39, 0.29) is 19.6 Å². The van der Waals surface area contributed by atoms with E-state index in [1.807, 2.05) is 30.3 Å². The number of benzene rings is 1. The molecule has 2 aromatic heterocycles. The molecule has 1 aromatic carbocycles. The van der Waals surface area contributed by atoms with E-state index in [0.29, 0.717) is 23.5 Å². The minimum Gasteiger partial charge on any atom is -0.382 e. The molecule has 25 heavy (non-hydrogen) atoms. The minimum atomic E-state index is -3.81. The lowest BCUT2D eigenvalue weighted by molar-refractivity contribution is 0.136. The highest BCUT2D eigenvalue weighted by molar-refractivity contribution is 7.52. The van der Waals surface area contributed by atoms with Gasteiger partial charge >= 0.3 is 7.60 Å². The predicted octanol–water partition coefficient (Wildman–Crippen LogP) is 1.78. The zero-order valence-electron chi connectivity index (χ0n) is 13.4. The Bertz CT molecular complexity index is 886. The number of imidazole rings is 1. The molecule has 0 bridgehead atoms. The van der Waals surface area contributed by atoms with E-state index in [9.17, 15) is 9.46 Å². The molecule has 1 unspecified atom stereocenters. The Kier molecular flexibility index (Phi) is 5.40. The van der Waals surface area contributed by atoms with E-state index in [0.717, 1.165) is 5.56 Å². The molecule has 0 radical (unpaired) electrons. The van der Waals surface area contributed by atoms with Crippen LogP contribution in [0.3, 0.4) is 0 Å². The molecule has 1 atom stereocenters. The Morgan fingerprint density at radius 2 is 2.00 bits per heavy atom. The van der Waals surface area contributed by atoms with Gasteiger partial charge in [-0.25, -0.2) is 15.0 Å². The third kappa shape index (κ3) is 4.61. The Morgan fingerprint density at radius 3 is 2.80 bits per heavy atom. The Labute approximate surface area is 144 Å². The lowest BCUT2D eigenvalue weighted by atomic mass is 10.2. The maximum atomic E-state index is 12.0. The van der Waals surface area contributed by atoms with Crippen LogP contribution >= 0.6 is 7.60 Å². The average Bonchev–Trinajstić information content (AvgIpc) is 3.03. The fourth-order valence-electron chi connectivity index (χ4n) is 2.19. The molecule has 0 aliphatic carbocycles. The summed E-state index contributed by atoms with van der Waals surface area (Å²) in [6, 6.07) is 9.17. The zero-order chi connectivity index (χ0) is 17.7. The van der Waals surface area contributed by atoms with Gasteiger partial charge in [0.15, 0.2) is 11.5 Å². The number of aromatic nitrogens is 4. The molecule has 10 heteroatoms. The summed E-state index contributed by atoms with van der Waals surface area (Å²) in [7, 11) is -3.81. The van der Waals surface area contributed by atoms with Crippen LogP contribution in [-0.2, 0) is 27.0 Å². The number of fused-ring (bicyclic) bond motifs is 1. The molecule has 3 rings (SSSR count). The molecule has 3 N–H and O–H groups in total. The van der Waals surface area contributed by atoms with Gasteiger partial charge in [0.05, 0.1) is 19.5 Å². The average molecular weight is 363 g/mol. The summed E-state index contributed by atoms with van der Waals surface area (Å²) in [5.74, 6) is 0.304. The quantitative estimate of drug-likeness (QED) is 0.458. The highest BCUT2D eigenvalue weighted by atomic mass is 31.2. The van der Waals surface area contributed by atoms with Gasteiger partial charge in [-0.2, -0.15) is 0 Å². The SMILES string of the molecule is Nc1ncnc2c1ncn2CCOCP(=O)(O)OCc1ccccc1. The van der Waals surface area contributed by atoms with E-state index >= 15 is 0 Å². The molecule has 0 saturated carbocycles. The van der Waals surface area contributed by atoms with Crippen molar-refractivity contribution < 1.29 is 18.7 Å². The van der Waals surface area contributed by atoms with E-state index in [4.69, 9.17) is 15.0 Å². The maximum absolute atomic E-state index is 12.0. The minimum absolute atomic E-state index is 0.0559. The van der Waals surface area contributed by atoms with Gasteiger partial charge in [0.25, 0.3) is 0 Å². The largest absolute Gasteiger partial charge is 0.382 e. The van der Waals surface area contributed by atoms with Crippen molar-refractivity contribution in [3.63, 3.8) is 0 Å². The van der Waals surface area contributed by atoms with Crippen molar-refractivity contribution in [3.05, 3.63) is 48.5 Å². The molecule has 0 aliphatic rings. The number of ether oxygens (including phenoxy) is 1. The van der Waals surface area contributed by atoms with Crippen molar-refractivity contribution in [1.29, 1.82) is 0 Å². The molecule has 0 saturated heterocycles. The van der Waals surface area contributed by atoms with E-state index < -0.39 is 7.60 Å². The van der Waals surface area contributed by atoms with Gasteiger partial charge < -0.3 is 24.5 Å². The molecule has 3 aromatic rings. The van der Waals surface area contributed by atoms with Crippen LogP contribution in [0.1, 0.15) is 5.56 Å². The zero-order valence-corrected chi connectivity index (χ0v) is 14.2. The van der Waals surface area contributed by atoms with Crippen LogP contribution in [0.25, 0.3) is 11.2 Å². The number of hydrogen-bond donors (Lipinski definition) is 2. The van der Waals surface area contributed by atoms with Gasteiger partial charge in [-0.05, 0) is 5.56 Å². The van der Waals surface area contributed by atoms with Crippen LogP contribution in [0.4, 0.5) is 5.82 Å². The van der Waals surface area contributed by atoms with Crippen molar-refractivity contribution in [3.8, 4) is 0 Å². The Hall–Kier alpha value is -2.32. The van der Waals surface area contributed by atoms with Crippen LogP contribution < -0.4 is 5.73 Å². The van der Waals surface area contributed by atoms with Gasteiger partial charge in [0.1, 0.15) is 18.2 Å². The smallest absolute Gasteiger partial charge is 0.353 e. The van der Waals surface area contributed by atoms with Crippen molar-refractivity contribution >= 4 is 24.6 Å². The number of nitrogens with two attached hydrogens (primary N) is 1. The molecule has 0 amide bonds. The second kappa shape index (κ2) is 7.71. The van der Waals surface area contributed by atoms with Crippen LogP contribution in [-0.4, -0.2) is 37.4 Å². The number of hydrogen-bond acceptors (Lipinski definition) is 7. The first-order valence-electron chi connectivity index (χ1n) is 7.54. The molecular weight excluding hydrogens is 345 g/mol. The highest BCUT2D eigenvalue weighted by Gasteiger charge is 2.19. The maximum Gasteiger partial charge on any atom is 0.353 e. The first kappa shape index (κ1) is 17.5. The van der Waals surface area contributed by atoms with Gasteiger partial charge in [-0.1, -0.05) is 30.3 Å². The summed E-state index contributed by atoms with van der Waals surface area (Å²) in [6.07, 6.45) is 2.54. The molecule has 0 spiro atoms. The molecule has 0 fully saturated rings. The number of nitrogens with zero attached hydrogens (tertiary/aromatic N) is 4. The fraction of sp³-hybridized carbons (Fsp3) is 0.267.